The van der Waals surface area contributed by atoms with E-state index in [0.717, 1.165) is 51.0 Å². The van der Waals surface area contributed by atoms with E-state index in [1.807, 2.05) is 18.2 Å². The van der Waals surface area contributed by atoms with E-state index in [0.29, 0.717) is 0 Å². The molecule has 1 rings (SSSR count). The van der Waals surface area contributed by atoms with Crippen LogP contribution in [0.15, 0.2) is 30.3 Å². The lowest BCUT2D eigenvalue weighted by molar-refractivity contribution is 0.211. The second-order valence-corrected chi connectivity index (χ2v) is 5.59. The van der Waals surface area contributed by atoms with E-state index >= 15 is 0 Å². The summed E-state index contributed by atoms with van der Waals surface area (Å²) in [5.41, 5.74) is 0.458. The van der Waals surface area contributed by atoms with Crippen molar-refractivity contribution in [1.82, 2.24) is 10.2 Å². The maximum atomic E-state index is 9.90. The van der Waals surface area contributed by atoms with Crippen molar-refractivity contribution in [2.24, 2.45) is 0 Å². The van der Waals surface area contributed by atoms with Crippen molar-refractivity contribution in [3.63, 3.8) is 0 Å². The zero-order valence-corrected chi connectivity index (χ0v) is 13.7. The fraction of sp³-hybridized carbons (Fsp3) is 0.611. The fourth-order valence-corrected chi connectivity index (χ4v) is 2.69. The van der Waals surface area contributed by atoms with Crippen LogP contribution in [0.25, 0.3) is 0 Å². The number of hydrogen-bond donors (Lipinski definition) is 1. The van der Waals surface area contributed by atoms with Gasteiger partial charge >= 0.3 is 0 Å². The Morgan fingerprint density at radius 3 is 2.14 bits per heavy atom. The number of nitrogens with one attached hydrogen (secondary N) is 1. The average Bonchev–Trinajstić information content (AvgIpc) is 2.53. The highest BCUT2D eigenvalue weighted by Gasteiger charge is 2.33. The summed E-state index contributed by atoms with van der Waals surface area (Å²) in [5, 5.41) is 13.4. The Hall–Kier alpha value is -1.37. The van der Waals surface area contributed by atoms with E-state index in [1.165, 1.54) is 0 Å². The van der Waals surface area contributed by atoms with Crippen molar-refractivity contribution in [3.8, 4) is 6.07 Å². The smallest absolute Gasteiger partial charge is 0.145 e. The predicted molar refractivity (Wildman–Crippen MR) is 89.0 cm³/mol. The molecule has 0 radical (unpaired) electrons. The van der Waals surface area contributed by atoms with Crippen molar-refractivity contribution in [2.75, 3.05) is 26.2 Å². The largest absolute Gasteiger partial charge is 0.300 e. The number of rotatable bonds is 10. The van der Waals surface area contributed by atoms with E-state index in [-0.39, 0.29) is 0 Å². The molecule has 1 atom stereocenters. The zero-order valence-electron chi connectivity index (χ0n) is 13.7. The lowest BCUT2D eigenvalue weighted by atomic mass is 9.90. The Labute approximate surface area is 130 Å². The molecule has 0 amide bonds. The third kappa shape index (κ3) is 5.15. The van der Waals surface area contributed by atoms with Gasteiger partial charge in [0.1, 0.15) is 5.54 Å². The Kier molecular flexibility index (Phi) is 8.04. The van der Waals surface area contributed by atoms with Gasteiger partial charge in [0.15, 0.2) is 0 Å². The molecule has 116 valence electrons. The number of nitriles is 1. The quantitative estimate of drug-likeness (QED) is 0.715. The minimum Gasteiger partial charge on any atom is -0.300 e. The first kappa shape index (κ1) is 17.7. The maximum absolute atomic E-state index is 9.90. The van der Waals surface area contributed by atoms with Crippen LogP contribution in [-0.2, 0) is 5.54 Å². The van der Waals surface area contributed by atoms with Gasteiger partial charge in [-0.2, -0.15) is 5.26 Å². The van der Waals surface area contributed by atoms with Crippen LogP contribution in [0.5, 0.6) is 0 Å². The molecule has 3 heteroatoms. The minimum absolute atomic E-state index is 0.610. The highest BCUT2D eigenvalue weighted by atomic mass is 15.2. The number of hydrogen-bond acceptors (Lipinski definition) is 3. The van der Waals surface area contributed by atoms with Gasteiger partial charge in [0.25, 0.3) is 0 Å². The summed E-state index contributed by atoms with van der Waals surface area (Å²) in [5.74, 6) is 0. The van der Waals surface area contributed by atoms with Crippen LogP contribution in [0.3, 0.4) is 0 Å². The van der Waals surface area contributed by atoms with Gasteiger partial charge in [0.05, 0.1) is 6.07 Å². The van der Waals surface area contributed by atoms with Crippen molar-refractivity contribution >= 4 is 0 Å². The van der Waals surface area contributed by atoms with Crippen LogP contribution in [0.2, 0.25) is 0 Å². The Bertz CT molecular complexity index is 418. The molecule has 21 heavy (non-hydrogen) atoms. The summed E-state index contributed by atoms with van der Waals surface area (Å²) in [6.07, 6.45) is 3.26. The van der Waals surface area contributed by atoms with Gasteiger partial charge in [-0.25, -0.2) is 0 Å². The molecule has 1 unspecified atom stereocenters. The molecule has 0 fully saturated rings. The predicted octanol–water partition coefficient (Wildman–Crippen LogP) is 3.53. The summed E-state index contributed by atoms with van der Waals surface area (Å²) < 4.78 is 0. The molecule has 0 saturated heterocycles. The molecule has 0 heterocycles. The second kappa shape index (κ2) is 9.55. The first-order valence-electron chi connectivity index (χ1n) is 8.16. The maximum Gasteiger partial charge on any atom is 0.145 e. The SMILES string of the molecule is CCCNC(C#N)(CN(CCC)CCC)c1ccccc1. The summed E-state index contributed by atoms with van der Waals surface area (Å²) in [4.78, 5) is 2.40. The molecule has 0 aliphatic heterocycles. The van der Waals surface area contributed by atoms with Crippen molar-refractivity contribution in [1.29, 1.82) is 5.26 Å². The van der Waals surface area contributed by atoms with Crippen molar-refractivity contribution in [2.45, 2.75) is 45.6 Å². The zero-order chi connectivity index (χ0) is 15.6. The Morgan fingerprint density at radius 1 is 1.05 bits per heavy atom. The first-order valence-corrected chi connectivity index (χ1v) is 8.16. The molecule has 0 aliphatic carbocycles. The van der Waals surface area contributed by atoms with E-state index < -0.39 is 5.54 Å². The fourth-order valence-electron chi connectivity index (χ4n) is 2.69. The summed E-state index contributed by atoms with van der Waals surface area (Å²) >= 11 is 0. The van der Waals surface area contributed by atoms with E-state index in [1.54, 1.807) is 0 Å². The lowest BCUT2D eigenvalue weighted by Gasteiger charge is -2.34. The summed E-state index contributed by atoms with van der Waals surface area (Å²) in [7, 11) is 0. The van der Waals surface area contributed by atoms with Gasteiger partial charge in [0.2, 0.25) is 0 Å². The summed E-state index contributed by atoms with van der Waals surface area (Å²) in [6, 6.07) is 12.7. The van der Waals surface area contributed by atoms with Gasteiger partial charge in [-0.05, 0) is 44.5 Å². The van der Waals surface area contributed by atoms with Crippen LogP contribution in [0, 0.1) is 11.3 Å². The molecule has 3 nitrogen and oxygen atoms in total. The molecular weight excluding hydrogens is 258 g/mol. The molecule has 0 aliphatic rings. The average molecular weight is 287 g/mol. The van der Waals surface area contributed by atoms with Gasteiger partial charge in [-0.15, -0.1) is 0 Å². The molecule has 0 saturated carbocycles. The van der Waals surface area contributed by atoms with Gasteiger partial charge in [-0.1, -0.05) is 51.1 Å². The van der Waals surface area contributed by atoms with Crippen LogP contribution < -0.4 is 5.32 Å². The normalized spacial score (nSPS) is 13.9. The van der Waals surface area contributed by atoms with E-state index in [4.69, 9.17) is 0 Å². The molecule has 1 aromatic carbocycles. The Balaban J connectivity index is 3.02. The van der Waals surface area contributed by atoms with E-state index in [2.05, 4.69) is 49.2 Å². The van der Waals surface area contributed by atoms with Gasteiger partial charge in [-0.3, -0.25) is 5.32 Å². The Morgan fingerprint density at radius 2 is 1.67 bits per heavy atom. The molecule has 1 N–H and O–H groups in total. The number of benzene rings is 1. The lowest BCUT2D eigenvalue weighted by Crippen LogP contribution is -2.50. The molecule has 0 bridgehead atoms. The standard InChI is InChI=1S/C18H29N3/c1-4-12-20-18(15-19,17-10-8-7-9-11-17)16-21(13-5-2)14-6-3/h7-11,20H,4-6,12-14,16H2,1-3H3. The molecule has 0 spiro atoms. The highest BCUT2D eigenvalue weighted by Crippen LogP contribution is 2.22. The first-order chi connectivity index (χ1) is 10.2. The molecule has 1 aromatic rings. The van der Waals surface area contributed by atoms with Crippen LogP contribution in [-0.4, -0.2) is 31.1 Å². The third-order valence-electron chi connectivity index (χ3n) is 3.67. The summed E-state index contributed by atoms with van der Waals surface area (Å²) in [6.45, 7) is 10.2. The number of nitrogens with zero attached hydrogens (tertiary/aromatic N) is 2. The van der Waals surface area contributed by atoms with Crippen molar-refractivity contribution in [3.05, 3.63) is 35.9 Å². The monoisotopic (exact) mass is 287 g/mol. The second-order valence-electron chi connectivity index (χ2n) is 5.59. The van der Waals surface area contributed by atoms with Crippen LogP contribution >= 0.6 is 0 Å². The minimum atomic E-state index is -0.610. The van der Waals surface area contributed by atoms with Crippen molar-refractivity contribution < 1.29 is 0 Å². The molecular formula is C18H29N3. The third-order valence-corrected chi connectivity index (χ3v) is 3.67. The topological polar surface area (TPSA) is 39.1 Å². The highest BCUT2D eigenvalue weighted by molar-refractivity contribution is 5.32. The van der Waals surface area contributed by atoms with Gasteiger partial charge in [0, 0.05) is 6.54 Å². The van der Waals surface area contributed by atoms with Crippen LogP contribution in [0.4, 0.5) is 0 Å². The molecule has 0 aromatic heterocycles. The van der Waals surface area contributed by atoms with E-state index in [9.17, 15) is 5.26 Å². The van der Waals surface area contributed by atoms with Crippen LogP contribution in [0.1, 0.15) is 45.6 Å². The van der Waals surface area contributed by atoms with Gasteiger partial charge < -0.3 is 4.90 Å².